The molecule has 6 heteroatoms. The van der Waals surface area contributed by atoms with Gasteiger partial charge in [-0.2, -0.15) is 0 Å². The van der Waals surface area contributed by atoms with Gasteiger partial charge >= 0.3 is 0 Å². The molecule has 2 saturated carbocycles. The molecule has 2 fully saturated rings. The average molecular weight is 323 g/mol. The number of carboxylic acids is 1. The Hall–Kier alpha value is -1.75. The van der Waals surface area contributed by atoms with Crippen LogP contribution in [0.2, 0.25) is 5.02 Å². The van der Waals surface area contributed by atoms with E-state index in [0.717, 1.165) is 19.3 Å². The fourth-order valence-electron chi connectivity index (χ4n) is 4.00. The molecule has 0 radical (unpaired) electrons. The van der Waals surface area contributed by atoms with Gasteiger partial charge in [0.2, 0.25) is 5.91 Å². The highest BCUT2D eigenvalue weighted by molar-refractivity contribution is 6.31. The van der Waals surface area contributed by atoms with Crippen molar-refractivity contribution in [1.29, 1.82) is 0 Å². The molecule has 0 saturated heterocycles. The molecule has 0 spiro atoms. The Bertz CT molecular complexity index is 618. The Kier molecular flexibility index (Phi) is 4.00. The Morgan fingerprint density at radius 1 is 1.27 bits per heavy atom. The maximum atomic E-state index is 12.6. The van der Waals surface area contributed by atoms with E-state index in [9.17, 15) is 14.7 Å². The van der Waals surface area contributed by atoms with Crippen LogP contribution in [0.15, 0.2) is 18.2 Å². The number of aliphatic carboxylic acids is 1. The number of amides is 1. The van der Waals surface area contributed by atoms with Gasteiger partial charge in [-0.15, -0.1) is 0 Å². The van der Waals surface area contributed by atoms with Crippen LogP contribution >= 0.6 is 11.6 Å². The molecule has 0 heterocycles. The van der Waals surface area contributed by atoms with E-state index in [1.54, 1.807) is 18.2 Å². The molecule has 1 amide bonds. The number of methoxy groups -OCH3 is 1. The van der Waals surface area contributed by atoms with E-state index >= 15 is 0 Å². The van der Waals surface area contributed by atoms with Crippen molar-refractivity contribution in [2.45, 2.75) is 19.3 Å². The quantitative estimate of drug-likeness (QED) is 0.915. The van der Waals surface area contributed by atoms with E-state index < -0.39 is 17.8 Å². The molecule has 1 aromatic carbocycles. The van der Waals surface area contributed by atoms with Crippen LogP contribution in [0.5, 0.6) is 5.75 Å². The number of hydrogen-bond acceptors (Lipinski definition) is 4. The lowest BCUT2D eigenvalue weighted by atomic mass is 9.78. The summed E-state index contributed by atoms with van der Waals surface area (Å²) in [5.74, 6) is -1.96. The van der Waals surface area contributed by atoms with E-state index in [4.69, 9.17) is 16.3 Å². The average Bonchev–Trinajstić information content (AvgIpc) is 3.08. The first-order chi connectivity index (χ1) is 10.5. The summed E-state index contributed by atoms with van der Waals surface area (Å²) in [6.07, 6.45) is 2.57. The van der Waals surface area contributed by atoms with Crippen molar-refractivity contribution in [3.63, 3.8) is 0 Å². The second-order valence-corrected chi connectivity index (χ2v) is 6.47. The van der Waals surface area contributed by atoms with E-state index in [1.807, 2.05) is 0 Å². The lowest BCUT2D eigenvalue weighted by Crippen LogP contribution is -2.44. The van der Waals surface area contributed by atoms with Gasteiger partial charge in [0.15, 0.2) is 0 Å². The Balaban J connectivity index is 1.82. The van der Waals surface area contributed by atoms with Crippen LogP contribution in [-0.2, 0) is 9.59 Å². The van der Waals surface area contributed by atoms with Crippen LogP contribution in [-0.4, -0.2) is 19.0 Å². The van der Waals surface area contributed by atoms with Crippen LogP contribution in [0.3, 0.4) is 0 Å². The lowest BCUT2D eigenvalue weighted by molar-refractivity contribution is -0.314. The third kappa shape index (κ3) is 2.54. The third-order valence-electron chi connectivity index (χ3n) is 4.91. The maximum Gasteiger partial charge on any atom is 0.228 e. The van der Waals surface area contributed by atoms with E-state index in [-0.39, 0.29) is 17.7 Å². The smallest absolute Gasteiger partial charge is 0.228 e. The number of carbonyl (C=O) groups excluding carboxylic acids is 2. The summed E-state index contributed by atoms with van der Waals surface area (Å²) in [6, 6.07) is 4.92. The first-order valence-corrected chi connectivity index (χ1v) is 7.74. The van der Waals surface area contributed by atoms with Crippen molar-refractivity contribution in [2.75, 3.05) is 12.4 Å². The minimum Gasteiger partial charge on any atom is -0.550 e. The molecule has 1 N–H and O–H groups in total. The van der Waals surface area contributed by atoms with Gasteiger partial charge in [0.25, 0.3) is 0 Å². The number of rotatable bonds is 4. The van der Waals surface area contributed by atoms with Crippen molar-refractivity contribution in [3.8, 4) is 5.75 Å². The minimum atomic E-state index is -1.12. The van der Waals surface area contributed by atoms with Gasteiger partial charge in [-0.1, -0.05) is 11.6 Å². The molecule has 5 nitrogen and oxygen atoms in total. The van der Waals surface area contributed by atoms with Gasteiger partial charge in [0.05, 0.1) is 12.8 Å². The SMILES string of the molecule is COc1ccc(Cl)cc1NC(=O)[C@H]1[C@@H]2CC[C@@H](C2)[C@@H]1C(=O)[O-]. The molecule has 2 aliphatic carbocycles. The molecule has 22 heavy (non-hydrogen) atoms. The zero-order valence-corrected chi connectivity index (χ0v) is 12.9. The summed E-state index contributed by atoms with van der Waals surface area (Å²) in [5.41, 5.74) is 0.458. The van der Waals surface area contributed by atoms with Crippen molar-refractivity contribution in [1.82, 2.24) is 0 Å². The highest BCUT2D eigenvalue weighted by Gasteiger charge is 2.51. The molecule has 2 aliphatic rings. The second-order valence-electron chi connectivity index (χ2n) is 6.04. The number of hydrogen-bond donors (Lipinski definition) is 1. The van der Waals surface area contributed by atoms with Crippen molar-refractivity contribution < 1.29 is 19.4 Å². The van der Waals surface area contributed by atoms with E-state index in [1.165, 1.54) is 7.11 Å². The van der Waals surface area contributed by atoms with Crippen molar-refractivity contribution >= 4 is 29.2 Å². The highest BCUT2D eigenvalue weighted by Crippen LogP contribution is 2.52. The molecule has 1 aromatic rings. The van der Waals surface area contributed by atoms with Crippen molar-refractivity contribution in [3.05, 3.63) is 23.2 Å². The normalized spacial score (nSPS) is 29.4. The first-order valence-electron chi connectivity index (χ1n) is 7.36. The number of fused-ring (bicyclic) bond motifs is 2. The Morgan fingerprint density at radius 3 is 2.59 bits per heavy atom. The molecule has 3 rings (SSSR count). The van der Waals surface area contributed by atoms with Gasteiger partial charge in [0.1, 0.15) is 5.75 Å². The van der Waals surface area contributed by atoms with Gasteiger partial charge in [-0.3, -0.25) is 4.79 Å². The van der Waals surface area contributed by atoms with Gasteiger partial charge < -0.3 is 20.0 Å². The van der Waals surface area contributed by atoms with Crippen LogP contribution < -0.4 is 15.2 Å². The van der Waals surface area contributed by atoms with Gasteiger partial charge in [-0.25, -0.2) is 0 Å². The fraction of sp³-hybridized carbons (Fsp3) is 0.500. The van der Waals surface area contributed by atoms with Gasteiger partial charge in [0, 0.05) is 22.8 Å². The summed E-state index contributed by atoms with van der Waals surface area (Å²) in [6.45, 7) is 0. The standard InChI is InChI=1S/C16H18ClNO4/c1-22-12-5-4-10(17)7-11(12)18-15(19)13-8-2-3-9(6-8)14(13)16(20)21/h4-5,7-9,13-14H,2-3,6H2,1H3,(H,18,19)(H,20,21)/p-1/t8-,9+,13+,14+/m1/s1. The maximum absolute atomic E-state index is 12.6. The van der Waals surface area contributed by atoms with E-state index in [2.05, 4.69) is 5.32 Å². The lowest BCUT2D eigenvalue weighted by Gasteiger charge is -2.30. The van der Waals surface area contributed by atoms with Crippen LogP contribution in [0.4, 0.5) is 5.69 Å². The Morgan fingerprint density at radius 2 is 1.95 bits per heavy atom. The predicted octanol–water partition coefficient (Wildman–Crippen LogP) is 1.70. The van der Waals surface area contributed by atoms with Crippen molar-refractivity contribution in [2.24, 2.45) is 23.7 Å². The molecule has 0 aromatic heterocycles. The predicted molar refractivity (Wildman–Crippen MR) is 79.5 cm³/mol. The van der Waals surface area contributed by atoms with Crippen LogP contribution in [0.25, 0.3) is 0 Å². The molecular formula is C16H17ClNO4-. The molecule has 4 atom stereocenters. The van der Waals surface area contributed by atoms with E-state index in [0.29, 0.717) is 16.5 Å². The Labute approximate surface area is 133 Å². The zero-order valence-electron chi connectivity index (χ0n) is 12.2. The van der Waals surface area contributed by atoms with Crippen LogP contribution in [0, 0.1) is 23.7 Å². The van der Waals surface area contributed by atoms with Gasteiger partial charge in [-0.05, 0) is 49.3 Å². The minimum absolute atomic E-state index is 0.0620. The molecule has 0 unspecified atom stereocenters. The molecular weight excluding hydrogens is 306 g/mol. The monoisotopic (exact) mass is 322 g/mol. The summed E-state index contributed by atoms with van der Waals surface area (Å²) < 4.78 is 5.20. The number of ether oxygens (including phenoxy) is 1. The highest BCUT2D eigenvalue weighted by atomic mass is 35.5. The number of carboxylic acid groups (broad SMARTS) is 1. The number of anilines is 1. The molecule has 2 bridgehead atoms. The summed E-state index contributed by atoms with van der Waals surface area (Å²) in [4.78, 5) is 24.0. The largest absolute Gasteiger partial charge is 0.550 e. The molecule has 118 valence electrons. The summed E-state index contributed by atoms with van der Waals surface area (Å²) >= 11 is 5.95. The zero-order chi connectivity index (χ0) is 15.9. The number of nitrogens with one attached hydrogen (secondary N) is 1. The second kappa shape index (κ2) is 5.80. The van der Waals surface area contributed by atoms with Crippen LogP contribution in [0.1, 0.15) is 19.3 Å². The third-order valence-corrected chi connectivity index (χ3v) is 5.15. The fourth-order valence-corrected chi connectivity index (χ4v) is 4.17. The number of carbonyl (C=O) groups is 2. The number of benzene rings is 1. The first kappa shape index (κ1) is 15.2. The summed E-state index contributed by atoms with van der Waals surface area (Å²) in [5, 5.41) is 14.6. The number of halogens is 1. The topological polar surface area (TPSA) is 78.5 Å². The molecule has 0 aliphatic heterocycles. The summed E-state index contributed by atoms with van der Waals surface area (Å²) in [7, 11) is 1.50.